The van der Waals surface area contributed by atoms with Crippen LogP contribution in [0.15, 0.2) is 44.8 Å². The third kappa shape index (κ3) is 2.66. The van der Waals surface area contributed by atoms with Crippen molar-refractivity contribution in [2.24, 2.45) is 0 Å². The summed E-state index contributed by atoms with van der Waals surface area (Å²) in [7, 11) is 0. The van der Waals surface area contributed by atoms with E-state index in [9.17, 15) is 0 Å². The molecule has 0 saturated carbocycles. The van der Waals surface area contributed by atoms with E-state index in [2.05, 4.69) is 21.1 Å². The molecule has 3 aromatic rings. The Balaban J connectivity index is 2.01. The second-order valence-electron chi connectivity index (χ2n) is 4.03. The Morgan fingerprint density at radius 2 is 2.41 bits per heavy atom. The van der Waals surface area contributed by atoms with Crippen molar-refractivity contribution < 1.29 is 4.42 Å². The maximum absolute atomic E-state index is 9.14. The summed E-state index contributed by atoms with van der Waals surface area (Å²) in [6.45, 7) is 4.26. The fourth-order valence-corrected chi connectivity index (χ4v) is 3.84. The number of furan rings is 1. The van der Waals surface area contributed by atoms with Gasteiger partial charge in [0.15, 0.2) is 16.1 Å². The summed E-state index contributed by atoms with van der Waals surface area (Å²) in [4.78, 5) is 0. The van der Waals surface area contributed by atoms with Crippen molar-refractivity contribution in [3.8, 4) is 17.7 Å². The zero-order chi connectivity index (χ0) is 15.5. The van der Waals surface area contributed by atoms with Crippen LogP contribution in [-0.4, -0.2) is 19.1 Å². The SMILES string of the molecule is C=CCn1c(Sc2snc(Cl)c2C#N)nnc1-c1ccco1. The van der Waals surface area contributed by atoms with Crippen LogP contribution in [0.5, 0.6) is 0 Å². The molecule has 3 heterocycles. The molecule has 0 fully saturated rings. The molecule has 0 aliphatic carbocycles. The van der Waals surface area contributed by atoms with Crippen molar-refractivity contribution in [1.29, 1.82) is 5.26 Å². The third-order valence-corrected chi connectivity index (χ3v) is 5.05. The van der Waals surface area contributed by atoms with E-state index in [1.165, 1.54) is 11.8 Å². The summed E-state index contributed by atoms with van der Waals surface area (Å²) in [5.41, 5.74) is 0.351. The lowest BCUT2D eigenvalue weighted by atomic mass is 10.4. The van der Waals surface area contributed by atoms with E-state index in [0.29, 0.717) is 33.1 Å². The molecular formula is C13H8ClN5OS2. The standard InChI is InChI=1S/C13H8ClN5OS2/c1-2-5-19-11(9-4-3-6-20-9)16-17-13(19)21-12-8(7-15)10(14)18-22-12/h2-4,6H,1,5H2. The van der Waals surface area contributed by atoms with E-state index < -0.39 is 0 Å². The minimum Gasteiger partial charge on any atom is -0.461 e. The number of rotatable bonds is 5. The van der Waals surface area contributed by atoms with Crippen molar-refractivity contribution in [3.05, 3.63) is 41.8 Å². The highest BCUT2D eigenvalue weighted by molar-refractivity contribution is 8.01. The molecule has 0 saturated heterocycles. The van der Waals surface area contributed by atoms with Gasteiger partial charge < -0.3 is 4.42 Å². The fourth-order valence-electron chi connectivity index (χ4n) is 1.75. The van der Waals surface area contributed by atoms with E-state index in [0.717, 1.165) is 11.5 Å². The van der Waals surface area contributed by atoms with Crippen LogP contribution in [0.1, 0.15) is 5.56 Å². The number of hydrogen-bond donors (Lipinski definition) is 0. The summed E-state index contributed by atoms with van der Waals surface area (Å²) in [5.74, 6) is 1.21. The number of aromatic nitrogens is 4. The average molecular weight is 350 g/mol. The molecule has 0 radical (unpaired) electrons. The number of hydrogen-bond acceptors (Lipinski definition) is 7. The molecule has 0 atom stereocenters. The molecule has 0 N–H and O–H groups in total. The molecule has 6 nitrogen and oxygen atoms in total. The van der Waals surface area contributed by atoms with Crippen LogP contribution in [0.25, 0.3) is 11.6 Å². The summed E-state index contributed by atoms with van der Waals surface area (Å²) < 4.78 is 11.9. The minimum absolute atomic E-state index is 0.205. The van der Waals surface area contributed by atoms with Crippen LogP contribution in [0.4, 0.5) is 0 Å². The van der Waals surface area contributed by atoms with E-state index >= 15 is 0 Å². The maximum Gasteiger partial charge on any atom is 0.200 e. The van der Waals surface area contributed by atoms with Gasteiger partial charge in [-0.1, -0.05) is 17.7 Å². The average Bonchev–Trinajstić information content (AvgIpc) is 3.22. The van der Waals surface area contributed by atoms with Crippen molar-refractivity contribution in [1.82, 2.24) is 19.1 Å². The first-order chi connectivity index (χ1) is 10.7. The first-order valence-corrected chi connectivity index (χ1v) is 8.02. The Morgan fingerprint density at radius 1 is 1.55 bits per heavy atom. The molecule has 110 valence electrons. The van der Waals surface area contributed by atoms with Crippen LogP contribution < -0.4 is 0 Å². The van der Waals surface area contributed by atoms with Gasteiger partial charge in [-0.2, -0.15) is 9.64 Å². The second kappa shape index (κ2) is 6.36. The highest BCUT2D eigenvalue weighted by Crippen LogP contribution is 2.37. The number of halogens is 1. The third-order valence-electron chi connectivity index (χ3n) is 2.68. The van der Waals surface area contributed by atoms with Crippen molar-refractivity contribution in [3.63, 3.8) is 0 Å². The molecule has 3 aromatic heterocycles. The molecular weight excluding hydrogens is 342 g/mol. The van der Waals surface area contributed by atoms with Crippen molar-refractivity contribution in [2.75, 3.05) is 0 Å². The minimum atomic E-state index is 0.205. The van der Waals surface area contributed by atoms with Gasteiger partial charge in [-0.3, -0.25) is 4.57 Å². The van der Waals surface area contributed by atoms with Gasteiger partial charge in [0.25, 0.3) is 0 Å². The van der Waals surface area contributed by atoms with Gasteiger partial charge in [-0.15, -0.1) is 16.8 Å². The number of allylic oxidation sites excluding steroid dienone is 1. The first-order valence-electron chi connectivity index (χ1n) is 6.05. The largest absolute Gasteiger partial charge is 0.461 e. The molecule has 0 aliphatic rings. The van der Waals surface area contributed by atoms with Gasteiger partial charge in [-0.25, -0.2) is 0 Å². The quantitative estimate of drug-likeness (QED) is 0.651. The summed E-state index contributed by atoms with van der Waals surface area (Å²) >= 11 is 8.34. The monoisotopic (exact) mass is 349 g/mol. The van der Waals surface area contributed by atoms with Crippen LogP contribution >= 0.6 is 34.9 Å². The van der Waals surface area contributed by atoms with Crippen LogP contribution in [0.3, 0.4) is 0 Å². The normalized spacial score (nSPS) is 10.5. The lowest BCUT2D eigenvalue weighted by Crippen LogP contribution is -1.99. The van der Waals surface area contributed by atoms with E-state index in [1.54, 1.807) is 18.4 Å². The lowest BCUT2D eigenvalue weighted by molar-refractivity contribution is 0.570. The maximum atomic E-state index is 9.14. The van der Waals surface area contributed by atoms with Gasteiger partial charge in [0.1, 0.15) is 15.8 Å². The number of nitrogens with zero attached hydrogens (tertiary/aromatic N) is 5. The number of nitriles is 1. The van der Waals surface area contributed by atoms with E-state index in [4.69, 9.17) is 21.3 Å². The smallest absolute Gasteiger partial charge is 0.200 e. The zero-order valence-electron chi connectivity index (χ0n) is 11.1. The molecule has 0 amide bonds. The van der Waals surface area contributed by atoms with Crippen LogP contribution in [0, 0.1) is 11.3 Å². The molecule has 0 spiro atoms. The van der Waals surface area contributed by atoms with Gasteiger partial charge in [0.05, 0.1) is 6.26 Å². The molecule has 0 aromatic carbocycles. The topological polar surface area (TPSA) is 80.5 Å². The van der Waals surface area contributed by atoms with Gasteiger partial charge in [-0.05, 0) is 35.4 Å². The Labute approximate surface area is 139 Å². The van der Waals surface area contributed by atoms with Crippen LogP contribution in [-0.2, 0) is 6.54 Å². The van der Waals surface area contributed by atoms with Crippen LogP contribution in [0.2, 0.25) is 5.15 Å². The predicted molar refractivity (Wildman–Crippen MR) is 83.9 cm³/mol. The van der Waals surface area contributed by atoms with Crippen molar-refractivity contribution >= 4 is 34.9 Å². The summed E-state index contributed by atoms with van der Waals surface area (Å²) in [6, 6.07) is 5.64. The highest BCUT2D eigenvalue weighted by atomic mass is 35.5. The second-order valence-corrected chi connectivity index (χ2v) is 6.40. The zero-order valence-corrected chi connectivity index (χ0v) is 13.5. The Morgan fingerprint density at radius 3 is 3.09 bits per heavy atom. The molecule has 9 heteroatoms. The Kier molecular flexibility index (Phi) is 4.29. The molecule has 22 heavy (non-hydrogen) atoms. The van der Waals surface area contributed by atoms with Gasteiger partial charge in [0.2, 0.25) is 5.82 Å². The molecule has 0 aliphatic heterocycles. The molecule has 0 bridgehead atoms. The Bertz CT molecular complexity index is 847. The highest BCUT2D eigenvalue weighted by Gasteiger charge is 2.20. The predicted octanol–water partition coefficient (Wildman–Crippen LogP) is 3.86. The van der Waals surface area contributed by atoms with Crippen molar-refractivity contribution in [2.45, 2.75) is 15.9 Å². The fraction of sp³-hybridized carbons (Fsp3) is 0.0769. The van der Waals surface area contributed by atoms with Gasteiger partial charge in [0, 0.05) is 6.54 Å². The first kappa shape index (κ1) is 14.8. The van der Waals surface area contributed by atoms with Gasteiger partial charge >= 0.3 is 0 Å². The molecule has 0 unspecified atom stereocenters. The summed E-state index contributed by atoms with van der Waals surface area (Å²) in [5, 5.41) is 18.3. The molecule has 3 rings (SSSR count). The lowest BCUT2D eigenvalue weighted by Gasteiger charge is -2.04. The van der Waals surface area contributed by atoms with E-state index in [1.807, 2.05) is 16.7 Å². The Hall–Kier alpha value is -2.08. The summed E-state index contributed by atoms with van der Waals surface area (Å²) in [6.07, 6.45) is 3.32. The van der Waals surface area contributed by atoms with E-state index in [-0.39, 0.29) is 5.15 Å².